The Hall–Kier alpha value is -2.20. The number of unbranched alkanes of at least 4 members (excludes halogenated alkanes) is 1. The van der Waals surface area contributed by atoms with Gasteiger partial charge in [0.25, 0.3) is 0 Å². The highest BCUT2D eigenvalue weighted by molar-refractivity contribution is 6.40. The number of nitrogens with two attached hydrogens (primary N) is 1. The van der Waals surface area contributed by atoms with Gasteiger partial charge in [-0.1, -0.05) is 36.6 Å². The maximum atomic E-state index is 14.9. The van der Waals surface area contributed by atoms with E-state index in [1.54, 1.807) is 31.3 Å². The lowest BCUT2D eigenvalue weighted by Crippen LogP contribution is -2.61. The average molecular weight is 481 g/mol. The molecule has 5 N–H and O–H groups in total. The third-order valence-corrected chi connectivity index (χ3v) is 6.89. The molecule has 2 aromatic rings. The number of hydrogen-bond donors (Lipinski definition) is 4. The molecule has 0 unspecified atom stereocenters. The topological polar surface area (TPSA) is 107 Å². The summed E-state index contributed by atoms with van der Waals surface area (Å²) < 4.78 is 29.8. The highest BCUT2D eigenvalue weighted by Gasteiger charge is 2.49. The Morgan fingerprint density at radius 2 is 1.73 bits per heavy atom. The molecule has 1 fully saturated rings. The van der Waals surface area contributed by atoms with Crippen LogP contribution in [0.4, 0.5) is 14.5 Å². The molecule has 0 spiro atoms. The first-order chi connectivity index (χ1) is 15.5. The fourth-order valence-corrected chi connectivity index (χ4v) is 4.57. The smallest absolute Gasteiger partial charge is 0.451 e. The summed E-state index contributed by atoms with van der Waals surface area (Å²) in [5.41, 5.74) is 5.62. The standard InChI is InChI=1S/C23H28BClF2N2O4/c1-29(18-12-16(13-18)23(28,22(30)31)8-2-3-9-24(32)33)21-19(26)10-15(11-20(21)27)14-4-6-17(25)7-5-14/h4-7,10-11,16,18,32-33H,2-3,8-9,12-13,28H2,1H3,(H,30,31)/t16?,18?,23-/m0/s1. The van der Waals surface area contributed by atoms with E-state index in [9.17, 15) is 18.7 Å². The Balaban J connectivity index is 1.68. The van der Waals surface area contributed by atoms with Crippen molar-refractivity contribution >= 4 is 30.4 Å². The van der Waals surface area contributed by atoms with Gasteiger partial charge < -0.3 is 25.8 Å². The molecule has 6 nitrogen and oxygen atoms in total. The van der Waals surface area contributed by atoms with E-state index < -0.39 is 30.3 Å². The molecular formula is C23H28BClF2N2O4. The molecule has 178 valence electrons. The predicted octanol–water partition coefficient (Wildman–Crippen LogP) is 3.93. The first kappa shape index (κ1) is 25.4. The number of aliphatic carboxylic acids is 1. The maximum Gasteiger partial charge on any atom is 0.451 e. The number of benzene rings is 2. The van der Waals surface area contributed by atoms with E-state index >= 15 is 0 Å². The quantitative estimate of drug-likeness (QED) is 0.303. The summed E-state index contributed by atoms with van der Waals surface area (Å²) in [7, 11) is 0.158. The summed E-state index contributed by atoms with van der Waals surface area (Å²) in [6, 6.07) is 8.96. The zero-order valence-electron chi connectivity index (χ0n) is 18.3. The molecule has 10 heteroatoms. The van der Waals surface area contributed by atoms with Crippen LogP contribution in [0.5, 0.6) is 0 Å². The fraction of sp³-hybridized carbons (Fsp3) is 0.435. The van der Waals surface area contributed by atoms with Gasteiger partial charge in [0, 0.05) is 18.1 Å². The van der Waals surface area contributed by atoms with Crippen LogP contribution in [0.2, 0.25) is 11.3 Å². The van der Waals surface area contributed by atoms with Crippen LogP contribution in [0, 0.1) is 17.6 Å². The van der Waals surface area contributed by atoms with Crippen molar-refractivity contribution in [3.63, 3.8) is 0 Å². The number of carboxylic acids is 1. The van der Waals surface area contributed by atoms with Gasteiger partial charge in [0.1, 0.15) is 22.9 Å². The first-order valence-electron chi connectivity index (χ1n) is 10.9. The molecule has 33 heavy (non-hydrogen) atoms. The summed E-state index contributed by atoms with van der Waals surface area (Å²) in [5, 5.41) is 28.1. The third-order valence-electron chi connectivity index (χ3n) is 6.64. The van der Waals surface area contributed by atoms with Gasteiger partial charge in [0.15, 0.2) is 0 Å². The van der Waals surface area contributed by atoms with Crippen LogP contribution in [0.25, 0.3) is 11.1 Å². The molecular weight excluding hydrogens is 453 g/mol. The van der Waals surface area contributed by atoms with Crippen LogP contribution in [0.1, 0.15) is 32.1 Å². The first-order valence-corrected chi connectivity index (χ1v) is 11.3. The van der Waals surface area contributed by atoms with Gasteiger partial charge in [0.2, 0.25) is 0 Å². The number of carboxylic acid groups (broad SMARTS) is 1. The molecule has 0 amide bonds. The fourth-order valence-electron chi connectivity index (χ4n) is 4.45. The van der Waals surface area contributed by atoms with Crippen molar-refractivity contribution < 1.29 is 28.7 Å². The van der Waals surface area contributed by atoms with Crippen LogP contribution in [0.15, 0.2) is 36.4 Å². The summed E-state index contributed by atoms with van der Waals surface area (Å²) in [4.78, 5) is 13.4. The molecule has 1 saturated carbocycles. The van der Waals surface area contributed by atoms with Crippen LogP contribution in [-0.4, -0.2) is 46.9 Å². The van der Waals surface area contributed by atoms with Crippen LogP contribution in [0.3, 0.4) is 0 Å². The van der Waals surface area contributed by atoms with Crippen LogP contribution >= 0.6 is 11.6 Å². The van der Waals surface area contributed by atoms with Crippen LogP contribution in [-0.2, 0) is 4.79 Å². The lowest BCUT2D eigenvalue weighted by Gasteiger charge is -2.48. The lowest BCUT2D eigenvalue weighted by molar-refractivity contribution is -0.147. The largest absolute Gasteiger partial charge is 0.480 e. The van der Waals surface area contributed by atoms with E-state index in [0.717, 1.165) is 0 Å². The molecule has 0 heterocycles. The number of hydrogen-bond acceptors (Lipinski definition) is 5. The molecule has 3 rings (SSSR count). The second-order valence-electron chi connectivity index (χ2n) is 8.80. The number of halogens is 3. The SMILES string of the molecule is CN(c1c(F)cc(-c2ccc(Cl)cc2)cc1F)C1CC([C@@](N)(CCCCB(O)O)C(=O)O)C1. The molecule has 0 bridgehead atoms. The minimum absolute atomic E-state index is 0.149. The molecule has 0 aromatic heterocycles. The molecule has 0 aliphatic heterocycles. The van der Waals surface area contributed by atoms with Crippen molar-refractivity contribution in [2.24, 2.45) is 11.7 Å². The Bertz CT molecular complexity index is 966. The molecule has 1 aliphatic rings. The van der Waals surface area contributed by atoms with Crippen molar-refractivity contribution in [3.05, 3.63) is 53.1 Å². The number of nitrogens with zero attached hydrogens (tertiary/aromatic N) is 1. The van der Waals surface area contributed by atoms with E-state index in [-0.39, 0.29) is 30.4 Å². The van der Waals surface area contributed by atoms with Gasteiger partial charge in [-0.25, -0.2) is 8.78 Å². The Labute approximate surface area is 197 Å². The van der Waals surface area contributed by atoms with Crippen molar-refractivity contribution in [2.45, 2.75) is 50.0 Å². The van der Waals surface area contributed by atoms with Gasteiger partial charge in [-0.2, -0.15) is 0 Å². The van der Waals surface area contributed by atoms with E-state index in [1.807, 2.05) is 0 Å². The van der Waals surface area contributed by atoms with E-state index in [4.69, 9.17) is 27.4 Å². The van der Waals surface area contributed by atoms with E-state index in [0.29, 0.717) is 41.8 Å². The Morgan fingerprint density at radius 3 is 2.24 bits per heavy atom. The van der Waals surface area contributed by atoms with Gasteiger partial charge in [0.05, 0.1) is 0 Å². The molecule has 0 radical (unpaired) electrons. The van der Waals surface area contributed by atoms with Crippen molar-refractivity contribution in [1.29, 1.82) is 0 Å². The highest BCUT2D eigenvalue weighted by Crippen LogP contribution is 2.43. The van der Waals surface area contributed by atoms with Gasteiger partial charge in [-0.05, 0) is 66.9 Å². The Morgan fingerprint density at radius 1 is 1.15 bits per heavy atom. The van der Waals surface area contributed by atoms with Crippen molar-refractivity contribution in [2.75, 3.05) is 11.9 Å². The van der Waals surface area contributed by atoms with Crippen molar-refractivity contribution in [1.82, 2.24) is 0 Å². The summed E-state index contributed by atoms with van der Waals surface area (Å²) in [6.45, 7) is 0. The lowest BCUT2D eigenvalue weighted by atomic mass is 9.65. The predicted molar refractivity (Wildman–Crippen MR) is 125 cm³/mol. The minimum Gasteiger partial charge on any atom is -0.480 e. The normalized spacial score (nSPS) is 19.5. The number of rotatable bonds is 10. The second-order valence-corrected chi connectivity index (χ2v) is 9.24. The zero-order valence-corrected chi connectivity index (χ0v) is 19.1. The van der Waals surface area contributed by atoms with E-state index in [1.165, 1.54) is 17.0 Å². The summed E-state index contributed by atoms with van der Waals surface area (Å²) >= 11 is 5.88. The number of carbonyl (C=O) groups is 1. The van der Waals surface area contributed by atoms with Gasteiger partial charge >= 0.3 is 13.1 Å². The molecule has 2 aromatic carbocycles. The molecule has 1 atom stereocenters. The van der Waals surface area contributed by atoms with Crippen molar-refractivity contribution in [3.8, 4) is 11.1 Å². The third kappa shape index (κ3) is 5.66. The maximum absolute atomic E-state index is 14.9. The Kier molecular flexibility index (Phi) is 8.00. The number of anilines is 1. The van der Waals surface area contributed by atoms with Gasteiger partial charge in [-0.3, -0.25) is 4.79 Å². The molecule has 1 aliphatic carbocycles. The molecule has 0 saturated heterocycles. The average Bonchev–Trinajstić information content (AvgIpc) is 2.69. The van der Waals surface area contributed by atoms with E-state index in [2.05, 4.69) is 0 Å². The summed E-state index contributed by atoms with van der Waals surface area (Å²) in [6.07, 6.45) is 1.99. The van der Waals surface area contributed by atoms with Crippen LogP contribution < -0.4 is 10.6 Å². The minimum atomic E-state index is -1.47. The van der Waals surface area contributed by atoms with Gasteiger partial charge in [-0.15, -0.1) is 0 Å². The zero-order chi connectivity index (χ0) is 24.3. The second kappa shape index (κ2) is 10.4. The monoisotopic (exact) mass is 480 g/mol. The highest BCUT2D eigenvalue weighted by atomic mass is 35.5. The summed E-state index contributed by atoms with van der Waals surface area (Å²) in [5.74, 6) is -2.87.